The predicted octanol–water partition coefficient (Wildman–Crippen LogP) is 0.422. The van der Waals surface area contributed by atoms with E-state index in [-0.39, 0.29) is 5.69 Å². The Morgan fingerprint density at radius 1 is 1.56 bits per heavy atom. The van der Waals surface area contributed by atoms with Crippen LogP contribution in [0.4, 0.5) is 0 Å². The Bertz CT molecular complexity index is 388. The fourth-order valence-corrected chi connectivity index (χ4v) is 1.08. The SMILES string of the molecule is CCC(Oc1ccc(C(=O)O)nc1)C(N)=O. The van der Waals surface area contributed by atoms with Gasteiger partial charge in [0, 0.05) is 0 Å². The number of hydrogen-bond acceptors (Lipinski definition) is 4. The highest BCUT2D eigenvalue weighted by molar-refractivity contribution is 5.85. The number of carbonyl (C=O) groups excluding carboxylic acids is 1. The fraction of sp³-hybridized carbons (Fsp3) is 0.300. The van der Waals surface area contributed by atoms with Crippen LogP contribution in [0.5, 0.6) is 5.75 Å². The molecule has 6 heteroatoms. The normalized spacial score (nSPS) is 11.8. The van der Waals surface area contributed by atoms with Gasteiger partial charge in [-0.1, -0.05) is 6.92 Å². The molecule has 1 aromatic rings. The van der Waals surface area contributed by atoms with Crippen molar-refractivity contribution < 1.29 is 19.4 Å². The summed E-state index contributed by atoms with van der Waals surface area (Å²) in [6.07, 6.45) is 0.961. The highest BCUT2D eigenvalue weighted by Crippen LogP contribution is 2.12. The first-order valence-electron chi connectivity index (χ1n) is 4.70. The monoisotopic (exact) mass is 224 g/mol. The van der Waals surface area contributed by atoms with Crippen LogP contribution >= 0.6 is 0 Å². The maximum atomic E-state index is 10.9. The van der Waals surface area contributed by atoms with Gasteiger partial charge in [-0.3, -0.25) is 4.79 Å². The Balaban J connectivity index is 2.75. The zero-order valence-electron chi connectivity index (χ0n) is 8.71. The van der Waals surface area contributed by atoms with Gasteiger partial charge in [0.2, 0.25) is 0 Å². The summed E-state index contributed by atoms with van der Waals surface area (Å²) in [6, 6.07) is 2.73. The molecule has 0 aliphatic rings. The second kappa shape index (κ2) is 5.11. The van der Waals surface area contributed by atoms with E-state index in [0.29, 0.717) is 12.2 Å². The van der Waals surface area contributed by atoms with E-state index in [1.165, 1.54) is 18.3 Å². The molecule has 0 bridgehead atoms. The third kappa shape index (κ3) is 2.94. The van der Waals surface area contributed by atoms with Crippen molar-refractivity contribution in [2.45, 2.75) is 19.4 Å². The van der Waals surface area contributed by atoms with Crippen LogP contribution in [-0.2, 0) is 4.79 Å². The lowest BCUT2D eigenvalue weighted by molar-refractivity contribution is -0.124. The van der Waals surface area contributed by atoms with Gasteiger partial charge < -0.3 is 15.6 Å². The Morgan fingerprint density at radius 3 is 2.62 bits per heavy atom. The molecule has 1 amide bonds. The maximum absolute atomic E-state index is 10.9. The first-order valence-corrected chi connectivity index (χ1v) is 4.70. The summed E-state index contributed by atoms with van der Waals surface area (Å²) in [6.45, 7) is 1.76. The lowest BCUT2D eigenvalue weighted by Gasteiger charge is -2.13. The molecule has 6 nitrogen and oxygen atoms in total. The number of aromatic carboxylic acids is 1. The molecule has 1 atom stereocenters. The number of nitrogens with zero attached hydrogens (tertiary/aromatic N) is 1. The number of hydrogen-bond donors (Lipinski definition) is 2. The molecular formula is C10H12N2O4. The van der Waals surface area contributed by atoms with Crippen LogP contribution in [-0.4, -0.2) is 28.1 Å². The molecule has 1 heterocycles. The Hall–Kier alpha value is -2.11. The smallest absolute Gasteiger partial charge is 0.354 e. The average Bonchev–Trinajstić information content (AvgIpc) is 2.26. The van der Waals surface area contributed by atoms with Crippen molar-refractivity contribution >= 4 is 11.9 Å². The van der Waals surface area contributed by atoms with E-state index in [4.69, 9.17) is 15.6 Å². The minimum atomic E-state index is -1.12. The fourth-order valence-electron chi connectivity index (χ4n) is 1.08. The summed E-state index contributed by atoms with van der Waals surface area (Å²) in [5.41, 5.74) is 5.01. The van der Waals surface area contributed by atoms with Crippen LogP contribution in [0, 0.1) is 0 Å². The number of carbonyl (C=O) groups is 2. The van der Waals surface area contributed by atoms with Crippen molar-refractivity contribution in [1.82, 2.24) is 4.98 Å². The van der Waals surface area contributed by atoms with Gasteiger partial charge in [-0.15, -0.1) is 0 Å². The van der Waals surface area contributed by atoms with Crippen molar-refractivity contribution in [2.24, 2.45) is 5.73 Å². The molecule has 86 valence electrons. The number of carboxylic acids is 1. The van der Waals surface area contributed by atoms with E-state index >= 15 is 0 Å². The summed E-state index contributed by atoms with van der Waals surface area (Å²) < 4.78 is 5.23. The van der Waals surface area contributed by atoms with Gasteiger partial charge >= 0.3 is 5.97 Å². The van der Waals surface area contributed by atoms with Crippen LogP contribution in [0.3, 0.4) is 0 Å². The molecular weight excluding hydrogens is 212 g/mol. The number of carboxylic acid groups (broad SMARTS) is 1. The van der Waals surface area contributed by atoms with E-state index < -0.39 is 18.0 Å². The second-order valence-electron chi connectivity index (χ2n) is 3.10. The molecule has 1 rings (SSSR count). The second-order valence-corrected chi connectivity index (χ2v) is 3.10. The van der Waals surface area contributed by atoms with Crippen LogP contribution in [0.1, 0.15) is 23.8 Å². The average molecular weight is 224 g/mol. The number of ether oxygens (including phenoxy) is 1. The van der Waals surface area contributed by atoms with Crippen molar-refractivity contribution in [3.8, 4) is 5.75 Å². The Kier molecular flexibility index (Phi) is 3.82. The highest BCUT2D eigenvalue weighted by Gasteiger charge is 2.14. The van der Waals surface area contributed by atoms with Crippen LogP contribution in [0.15, 0.2) is 18.3 Å². The van der Waals surface area contributed by atoms with Gasteiger partial charge in [0.15, 0.2) is 6.10 Å². The predicted molar refractivity (Wildman–Crippen MR) is 55.1 cm³/mol. The van der Waals surface area contributed by atoms with Gasteiger partial charge in [-0.25, -0.2) is 9.78 Å². The molecule has 0 fully saturated rings. The summed E-state index contributed by atoms with van der Waals surface area (Å²) >= 11 is 0. The van der Waals surface area contributed by atoms with Crippen molar-refractivity contribution in [2.75, 3.05) is 0 Å². The van der Waals surface area contributed by atoms with Gasteiger partial charge in [-0.05, 0) is 18.6 Å². The topological polar surface area (TPSA) is 103 Å². The van der Waals surface area contributed by atoms with E-state index in [1.807, 2.05) is 0 Å². The van der Waals surface area contributed by atoms with Crippen molar-refractivity contribution in [3.05, 3.63) is 24.0 Å². The van der Waals surface area contributed by atoms with Gasteiger partial charge in [0.1, 0.15) is 11.4 Å². The summed E-state index contributed by atoms with van der Waals surface area (Å²) in [4.78, 5) is 25.1. The zero-order chi connectivity index (χ0) is 12.1. The minimum absolute atomic E-state index is 0.0838. The number of amides is 1. The quantitative estimate of drug-likeness (QED) is 0.754. The lowest BCUT2D eigenvalue weighted by Crippen LogP contribution is -2.33. The van der Waals surface area contributed by atoms with Crippen molar-refractivity contribution in [1.29, 1.82) is 0 Å². The Labute approximate surface area is 92.0 Å². The molecule has 0 aliphatic carbocycles. The van der Waals surface area contributed by atoms with E-state index in [0.717, 1.165) is 0 Å². The van der Waals surface area contributed by atoms with E-state index in [1.54, 1.807) is 6.92 Å². The third-order valence-electron chi connectivity index (χ3n) is 1.92. The van der Waals surface area contributed by atoms with Crippen LogP contribution in [0.2, 0.25) is 0 Å². The molecule has 1 aromatic heterocycles. The number of aromatic nitrogens is 1. The molecule has 0 radical (unpaired) electrons. The van der Waals surface area contributed by atoms with Crippen LogP contribution < -0.4 is 10.5 Å². The van der Waals surface area contributed by atoms with Gasteiger partial charge in [0.25, 0.3) is 5.91 Å². The number of rotatable bonds is 5. The summed E-state index contributed by atoms with van der Waals surface area (Å²) in [7, 11) is 0. The van der Waals surface area contributed by atoms with E-state index in [9.17, 15) is 9.59 Å². The van der Waals surface area contributed by atoms with Crippen LogP contribution in [0.25, 0.3) is 0 Å². The molecule has 0 saturated carbocycles. The lowest BCUT2D eigenvalue weighted by atomic mass is 10.2. The maximum Gasteiger partial charge on any atom is 0.354 e. The molecule has 0 aliphatic heterocycles. The molecule has 3 N–H and O–H groups in total. The Morgan fingerprint density at radius 2 is 2.25 bits per heavy atom. The largest absolute Gasteiger partial charge is 0.479 e. The number of primary amides is 1. The zero-order valence-corrected chi connectivity index (χ0v) is 8.71. The molecule has 0 aromatic carbocycles. The molecule has 0 saturated heterocycles. The number of pyridine rings is 1. The van der Waals surface area contributed by atoms with Gasteiger partial charge in [-0.2, -0.15) is 0 Å². The third-order valence-corrected chi connectivity index (χ3v) is 1.92. The minimum Gasteiger partial charge on any atom is -0.479 e. The highest BCUT2D eigenvalue weighted by atomic mass is 16.5. The summed E-state index contributed by atoms with van der Waals surface area (Å²) in [5.74, 6) is -1.37. The molecule has 0 spiro atoms. The first-order chi connectivity index (χ1) is 7.54. The molecule has 1 unspecified atom stereocenters. The number of nitrogens with two attached hydrogens (primary N) is 1. The van der Waals surface area contributed by atoms with E-state index in [2.05, 4.69) is 4.98 Å². The molecule has 16 heavy (non-hydrogen) atoms. The van der Waals surface area contributed by atoms with Gasteiger partial charge in [0.05, 0.1) is 6.20 Å². The first kappa shape index (κ1) is 12.0. The van der Waals surface area contributed by atoms with Crippen molar-refractivity contribution in [3.63, 3.8) is 0 Å². The standard InChI is InChI=1S/C10H12N2O4/c1-2-8(9(11)13)16-6-3-4-7(10(14)15)12-5-6/h3-5,8H,2H2,1H3,(H2,11,13)(H,14,15). The summed E-state index contributed by atoms with van der Waals surface area (Å²) in [5, 5.41) is 8.61.